The number of aryl methyl sites for hydroxylation is 1. The number of furan rings is 1. The molecule has 0 saturated carbocycles. The Morgan fingerprint density at radius 2 is 1.89 bits per heavy atom. The van der Waals surface area contributed by atoms with Crippen LogP contribution in [0.2, 0.25) is 0 Å². The molecule has 136 valence electrons. The Balaban J connectivity index is 1.75. The molecule has 5 nitrogen and oxygen atoms in total. The number of hydrogen-bond donors (Lipinski definition) is 1. The number of β-amino-alcohol motifs (C(OH)–C–C–N with tert-alkyl or cyclic N) is 1. The molecule has 2 aliphatic rings. The van der Waals surface area contributed by atoms with E-state index in [2.05, 4.69) is 4.90 Å². The van der Waals surface area contributed by atoms with Crippen LogP contribution in [0.5, 0.6) is 0 Å². The van der Waals surface area contributed by atoms with Crippen molar-refractivity contribution >= 4 is 22.3 Å². The van der Waals surface area contributed by atoms with Crippen LogP contribution in [0.4, 0.5) is 0 Å². The lowest BCUT2D eigenvalue weighted by Crippen LogP contribution is -2.33. The number of aliphatic hydroxyl groups excluding tert-OH is 1. The van der Waals surface area contributed by atoms with Crippen LogP contribution < -0.4 is 0 Å². The van der Waals surface area contributed by atoms with Crippen LogP contribution in [0, 0.1) is 6.92 Å². The van der Waals surface area contributed by atoms with Gasteiger partial charge in [0.2, 0.25) is 11.6 Å². The number of Topliss-reactive ketones (excluding diaryl/α,β-unsaturated/α-hetero) is 2. The van der Waals surface area contributed by atoms with Gasteiger partial charge in [-0.2, -0.15) is 0 Å². The van der Waals surface area contributed by atoms with Crippen LogP contribution >= 0.6 is 0 Å². The van der Waals surface area contributed by atoms with E-state index in [1.54, 1.807) is 0 Å². The third-order valence-electron chi connectivity index (χ3n) is 5.74. The lowest BCUT2D eigenvalue weighted by molar-refractivity contribution is 0.0815. The van der Waals surface area contributed by atoms with E-state index in [1.807, 2.05) is 37.3 Å². The van der Waals surface area contributed by atoms with Gasteiger partial charge in [-0.3, -0.25) is 14.5 Å². The molecule has 0 spiro atoms. The zero-order chi connectivity index (χ0) is 18.7. The highest BCUT2D eigenvalue weighted by Crippen LogP contribution is 2.43. The molecule has 0 unspecified atom stereocenters. The summed E-state index contributed by atoms with van der Waals surface area (Å²) in [5, 5.41) is 11.0. The molecule has 5 heteroatoms. The Labute approximate surface area is 156 Å². The minimum Gasteiger partial charge on any atom is -0.459 e. The highest BCUT2D eigenvalue weighted by atomic mass is 16.3. The van der Waals surface area contributed by atoms with Crippen molar-refractivity contribution in [3.8, 4) is 11.3 Å². The monoisotopic (exact) mass is 361 g/mol. The summed E-state index contributed by atoms with van der Waals surface area (Å²) in [5.41, 5.74) is 3.52. The number of carbonyl (C=O) groups is 2. The molecule has 2 heterocycles. The molecule has 0 fully saturated rings. The summed E-state index contributed by atoms with van der Waals surface area (Å²) in [5.74, 6) is 0.342. The molecule has 2 aromatic carbocycles. The van der Waals surface area contributed by atoms with Crippen molar-refractivity contribution in [2.24, 2.45) is 0 Å². The minimum absolute atomic E-state index is 0.0847. The van der Waals surface area contributed by atoms with E-state index >= 15 is 0 Å². The van der Waals surface area contributed by atoms with Crippen LogP contribution in [0.1, 0.15) is 37.6 Å². The van der Waals surface area contributed by atoms with Crippen LogP contribution in [-0.2, 0) is 13.0 Å². The number of ketones is 2. The number of rotatable bonds is 2. The Morgan fingerprint density at radius 3 is 2.70 bits per heavy atom. The maximum absolute atomic E-state index is 13.0. The lowest BCUT2D eigenvalue weighted by atomic mass is 9.82. The smallest absolute Gasteiger partial charge is 0.237 e. The molecule has 0 radical (unpaired) electrons. The largest absolute Gasteiger partial charge is 0.459 e. The van der Waals surface area contributed by atoms with Gasteiger partial charge in [0.15, 0.2) is 0 Å². The van der Waals surface area contributed by atoms with Crippen molar-refractivity contribution in [3.63, 3.8) is 0 Å². The number of aliphatic hydroxyl groups is 1. The Kier molecular flexibility index (Phi) is 3.57. The third kappa shape index (κ3) is 2.25. The van der Waals surface area contributed by atoms with Gasteiger partial charge in [0.05, 0.1) is 18.7 Å². The maximum Gasteiger partial charge on any atom is 0.237 e. The topological polar surface area (TPSA) is 70.8 Å². The second kappa shape index (κ2) is 5.87. The molecule has 0 atom stereocenters. The normalized spacial score (nSPS) is 16.4. The maximum atomic E-state index is 13.0. The highest BCUT2D eigenvalue weighted by Gasteiger charge is 2.39. The van der Waals surface area contributed by atoms with Crippen molar-refractivity contribution in [1.82, 2.24) is 4.90 Å². The molecule has 0 bridgehead atoms. The Morgan fingerprint density at radius 1 is 1.07 bits per heavy atom. The van der Waals surface area contributed by atoms with E-state index < -0.39 is 11.6 Å². The molecule has 1 aliphatic carbocycles. The lowest BCUT2D eigenvalue weighted by Gasteiger charge is -2.25. The number of fused-ring (bicyclic) bond motifs is 7. The van der Waals surface area contributed by atoms with E-state index in [0.29, 0.717) is 42.0 Å². The predicted octanol–water partition coefficient (Wildman–Crippen LogP) is 3.14. The molecule has 1 aliphatic heterocycles. The zero-order valence-corrected chi connectivity index (χ0v) is 15.0. The first-order valence-electron chi connectivity index (χ1n) is 9.19. The summed E-state index contributed by atoms with van der Waals surface area (Å²) in [6.07, 6.45) is 0.648. The standard InChI is InChI=1S/C22H19NO4/c1-12-3-2-4-14-13(12)5-6-16-18(14)20(25)21(26)19-15-7-8-23(9-10-24)11-17(15)27-22(16)19/h2-6,24H,7-11H2,1H3. The number of carbonyl (C=O) groups excluding carboxylic acids is 2. The van der Waals surface area contributed by atoms with Gasteiger partial charge < -0.3 is 9.52 Å². The van der Waals surface area contributed by atoms with Crippen molar-refractivity contribution in [1.29, 1.82) is 0 Å². The molecule has 5 rings (SSSR count). The fourth-order valence-electron chi connectivity index (χ4n) is 4.39. The summed E-state index contributed by atoms with van der Waals surface area (Å²) >= 11 is 0. The predicted molar refractivity (Wildman–Crippen MR) is 101 cm³/mol. The average Bonchev–Trinajstić information content (AvgIpc) is 3.05. The molecular formula is C22H19NO4. The van der Waals surface area contributed by atoms with Gasteiger partial charge in [0.25, 0.3) is 0 Å². The fourth-order valence-corrected chi connectivity index (χ4v) is 4.39. The molecule has 27 heavy (non-hydrogen) atoms. The first kappa shape index (κ1) is 16.4. The van der Waals surface area contributed by atoms with E-state index in [1.165, 1.54) is 0 Å². The highest BCUT2D eigenvalue weighted by molar-refractivity contribution is 6.54. The molecular weight excluding hydrogens is 342 g/mol. The summed E-state index contributed by atoms with van der Waals surface area (Å²) in [6.45, 7) is 3.94. The SMILES string of the molecule is Cc1cccc2c3c(ccc12)-c1oc2c(c1C(=O)C3=O)CCN(CCO)C2. The molecule has 1 aromatic heterocycles. The fraction of sp³-hybridized carbons (Fsp3) is 0.273. The van der Waals surface area contributed by atoms with Crippen molar-refractivity contribution in [3.05, 3.63) is 58.3 Å². The van der Waals surface area contributed by atoms with E-state index in [-0.39, 0.29) is 6.61 Å². The number of nitrogens with zero attached hydrogens (tertiary/aromatic N) is 1. The van der Waals surface area contributed by atoms with Gasteiger partial charge in [-0.25, -0.2) is 0 Å². The summed E-state index contributed by atoms with van der Waals surface area (Å²) in [4.78, 5) is 28.1. The Bertz CT molecular complexity index is 1130. The second-order valence-corrected chi connectivity index (χ2v) is 7.27. The van der Waals surface area contributed by atoms with Crippen LogP contribution in [-0.4, -0.2) is 41.3 Å². The van der Waals surface area contributed by atoms with Crippen molar-refractivity contribution < 1.29 is 19.1 Å². The van der Waals surface area contributed by atoms with E-state index in [4.69, 9.17) is 4.42 Å². The number of benzene rings is 2. The Hall–Kier alpha value is -2.76. The van der Waals surface area contributed by atoms with Gasteiger partial charge in [-0.05, 0) is 35.7 Å². The van der Waals surface area contributed by atoms with Gasteiger partial charge in [0, 0.05) is 29.8 Å². The van der Waals surface area contributed by atoms with E-state index in [9.17, 15) is 14.7 Å². The first-order chi connectivity index (χ1) is 13.1. The molecule has 0 saturated heterocycles. The van der Waals surface area contributed by atoms with Crippen LogP contribution in [0.25, 0.3) is 22.1 Å². The van der Waals surface area contributed by atoms with Crippen LogP contribution in [0.3, 0.4) is 0 Å². The quantitative estimate of drug-likeness (QED) is 0.710. The van der Waals surface area contributed by atoms with E-state index in [0.717, 1.165) is 34.2 Å². The average molecular weight is 361 g/mol. The van der Waals surface area contributed by atoms with Crippen molar-refractivity contribution in [2.75, 3.05) is 19.7 Å². The molecule has 1 N–H and O–H groups in total. The summed E-state index contributed by atoms with van der Waals surface area (Å²) in [6, 6.07) is 9.69. The zero-order valence-electron chi connectivity index (χ0n) is 15.0. The molecule has 3 aromatic rings. The first-order valence-corrected chi connectivity index (χ1v) is 9.19. The number of hydrogen-bond acceptors (Lipinski definition) is 5. The van der Waals surface area contributed by atoms with Gasteiger partial charge in [0.1, 0.15) is 11.5 Å². The van der Waals surface area contributed by atoms with Gasteiger partial charge in [-0.15, -0.1) is 0 Å². The second-order valence-electron chi connectivity index (χ2n) is 7.27. The van der Waals surface area contributed by atoms with Crippen molar-refractivity contribution in [2.45, 2.75) is 19.9 Å². The van der Waals surface area contributed by atoms with Gasteiger partial charge >= 0.3 is 0 Å². The van der Waals surface area contributed by atoms with Crippen LogP contribution in [0.15, 0.2) is 34.7 Å². The summed E-state index contributed by atoms with van der Waals surface area (Å²) in [7, 11) is 0. The minimum atomic E-state index is -0.466. The summed E-state index contributed by atoms with van der Waals surface area (Å²) < 4.78 is 6.13. The van der Waals surface area contributed by atoms with Gasteiger partial charge in [-0.1, -0.05) is 24.3 Å². The third-order valence-corrected chi connectivity index (χ3v) is 5.74. The molecule has 0 amide bonds.